The monoisotopic (exact) mass is 318 g/mol. The highest BCUT2D eigenvalue weighted by molar-refractivity contribution is 5.97. The summed E-state index contributed by atoms with van der Waals surface area (Å²) < 4.78 is 38.0. The number of nitrogens with one attached hydrogen (secondary N) is 2. The number of fused-ring (bicyclic) bond motifs is 1. The van der Waals surface area contributed by atoms with Crippen molar-refractivity contribution in [2.45, 2.75) is 12.7 Å². The quantitative estimate of drug-likeness (QED) is 0.750. The molecule has 0 saturated carbocycles. The van der Waals surface area contributed by atoms with Gasteiger partial charge in [-0.25, -0.2) is 0 Å². The predicted molar refractivity (Wildman–Crippen MR) is 80.9 cm³/mol. The lowest BCUT2D eigenvalue weighted by Crippen LogP contribution is -2.23. The number of carbonyl (C=O) groups is 1. The van der Waals surface area contributed by atoms with Crippen LogP contribution >= 0.6 is 0 Å². The summed E-state index contributed by atoms with van der Waals surface area (Å²) in [5.41, 5.74) is 0.869. The lowest BCUT2D eigenvalue weighted by Gasteiger charge is -2.09. The summed E-state index contributed by atoms with van der Waals surface area (Å²) in [7, 11) is 0. The fourth-order valence-corrected chi connectivity index (χ4v) is 2.33. The molecule has 0 saturated heterocycles. The molecular weight excluding hydrogens is 305 g/mol. The Bertz CT molecular complexity index is 819. The predicted octanol–water partition coefficient (Wildman–Crippen LogP) is 4.12. The van der Waals surface area contributed by atoms with Gasteiger partial charge in [0, 0.05) is 17.4 Å². The molecule has 0 aliphatic heterocycles. The molecule has 0 atom stereocenters. The largest absolute Gasteiger partial charge is 0.416 e. The maximum absolute atomic E-state index is 12.7. The fraction of sp³-hybridized carbons (Fsp3) is 0.118. The molecule has 2 N–H and O–H groups in total. The molecule has 0 spiro atoms. The fourth-order valence-electron chi connectivity index (χ4n) is 2.33. The molecule has 0 bridgehead atoms. The van der Waals surface area contributed by atoms with Crippen LogP contribution in [0, 0.1) is 0 Å². The number of rotatable bonds is 3. The number of hydrogen-bond acceptors (Lipinski definition) is 1. The molecule has 3 aromatic rings. The van der Waals surface area contributed by atoms with Crippen molar-refractivity contribution in [3.63, 3.8) is 0 Å². The summed E-state index contributed by atoms with van der Waals surface area (Å²) >= 11 is 0. The van der Waals surface area contributed by atoms with Crippen LogP contribution in [0.4, 0.5) is 13.2 Å². The van der Waals surface area contributed by atoms with Crippen LogP contribution < -0.4 is 5.32 Å². The van der Waals surface area contributed by atoms with Crippen LogP contribution in [0.1, 0.15) is 21.6 Å². The van der Waals surface area contributed by atoms with E-state index in [1.54, 1.807) is 12.1 Å². The van der Waals surface area contributed by atoms with E-state index in [1.807, 2.05) is 24.3 Å². The number of aromatic nitrogens is 1. The first-order valence-corrected chi connectivity index (χ1v) is 6.95. The van der Waals surface area contributed by atoms with E-state index in [9.17, 15) is 18.0 Å². The third kappa shape index (κ3) is 3.36. The Morgan fingerprint density at radius 2 is 1.83 bits per heavy atom. The molecule has 118 valence electrons. The molecular formula is C17H13F3N2O. The number of amides is 1. The lowest BCUT2D eigenvalue weighted by molar-refractivity contribution is -0.137. The van der Waals surface area contributed by atoms with E-state index in [0.29, 0.717) is 11.3 Å². The number of H-pyrrole nitrogens is 1. The highest BCUT2D eigenvalue weighted by atomic mass is 19.4. The van der Waals surface area contributed by atoms with E-state index in [1.165, 1.54) is 6.07 Å². The van der Waals surface area contributed by atoms with Gasteiger partial charge in [-0.3, -0.25) is 4.79 Å². The van der Waals surface area contributed by atoms with Gasteiger partial charge in [-0.1, -0.05) is 30.3 Å². The highest BCUT2D eigenvalue weighted by Crippen LogP contribution is 2.29. The molecule has 1 amide bonds. The van der Waals surface area contributed by atoms with Gasteiger partial charge in [0.2, 0.25) is 0 Å². The summed E-state index contributed by atoms with van der Waals surface area (Å²) in [6, 6.07) is 14.0. The maximum Gasteiger partial charge on any atom is 0.416 e. The van der Waals surface area contributed by atoms with Gasteiger partial charge in [0.1, 0.15) is 5.69 Å². The van der Waals surface area contributed by atoms with Crippen molar-refractivity contribution in [2.24, 2.45) is 0 Å². The second-order valence-corrected chi connectivity index (χ2v) is 5.15. The van der Waals surface area contributed by atoms with Crippen LogP contribution in [0.2, 0.25) is 0 Å². The minimum atomic E-state index is -4.39. The first kappa shape index (κ1) is 15.1. The van der Waals surface area contributed by atoms with Crippen molar-refractivity contribution < 1.29 is 18.0 Å². The molecule has 0 aliphatic carbocycles. The third-order valence-corrected chi connectivity index (χ3v) is 3.48. The summed E-state index contributed by atoms with van der Waals surface area (Å²) in [6.07, 6.45) is -4.39. The van der Waals surface area contributed by atoms with Crippen molar-refractivity contribution in [1.29, 1.82) is 0 Å². The van der Waals surface area contributed by atoms with E-state index in [-0.39, 0.29) is 12.5 Å². The molecule has 1 aromatic heterocycles. The van der Waals surface area contributed by atoms with Crippen LogP contribution in [0.3, 0.4) is 0 Å². The first-order valence-electron chi connectivity index (χ1n) is 6.95. The zero-order chi connectivity index (χ0) is 16.4. The summed E-state index contributed by atoms with van der Waals surface area (Å²) in [6.45, 7) is 0.0259. The van der Waals surface area contributed by atoms with E-state index >= 15 is 0 Å². The van der Waals surface area contributed by atoms with E-state index in [4.69, 9.17) is 0 Å². The first-order chi connectivity index (χ1) is 10.9. The van der Waals surface area contributed by atoms with E-state index in [2.05, 4.69) is 10.3 Å². The third-order valence-electron chi connectivity index (χ3n) is 3.48. The molecule has 1 heterocycles. The number of aromatic amines is 1. The van der Waals surface area contributed by atoms with Crippen LogP contribution in [0.15, 0.2) is 54.6 Å². The number of halogens is 3. The SMILES string of the molecule is O=C(NCc1cccc(C(F)(F)F)c1)c1cc2ccccc2[nH]1. The van der Waals surface area contributed by atoms with Crippen molar-refractivity contribution in [2.75, 3.05) is 0 Å². The molecule has 0 aliphatic rings. The van der Waals surface area contributed by atoms with Crippen LogP contribution in [-0.4, -0.2) is 10.9 Å². The lowest BCUT2D eigenvalue weighted by atomic mass is 10.1. The van der Waals surface area contributed by atoms with E-state index < -0.39 is 11.7 Å². The number of hydrogen-bond donors (Lipinski definition) is 2. The summed E-state index contributed by atoms with van der Waals surface area (Å²) in [5, 5.41) is 3.52. The zero-order valence-electron chi connectivity index (χ0n) is 11.9. The Morgan fingerprint density at radius 1 is 1.04 bits per heavy atom. The molecule has 23 heavy (non-hydrogen) atoms. The highest BCUT2D eigenvalue weighted by Gasteiger charge is 2.30. The van der Waals surface area contributed by atoms with Crippen molar-refractivity contribution in [3.8, 4) is 0 Å². The maximum atomic E-state index is 12.7. The molecule has 3 nitrogen and oxygen atoms in total. The molecule has 0 radical (unpaired) electrons. The van der Waals surface area contributed by atoms with Gasteiger partial charge in [0.15, 0.2) is 0 Å². The zero-order valence-corrected chi connectivity index (χ0v) is 11.9. The van der Waals surface area contributed by atoms with Crippen molar-refractivity contribution >= 4 is 16.8 Å². The summed E-state index contributed by atoms with van der Waals surface area (Å²) in [5.74, 6) is -0.362. The second kappa shape index (κ2) is 5.79. The smallest absolute Gasteiger partial charge is 0.351 e. The molecule has 2 aromatic carbocycles. The summed E-state index contributed by atoms with van der Waals surface area (Å²) in [4.78, 5) is 15.1. The molecule has 0 fully saturated rings. The number of alkyl halides is 3. The molecule has 6 heteroatoms. The Morgan fingerprint density at radius 3 is 2.57 bits per heavy atom. The average Bonchev–Trinajstić information content (AvgIpc) is 2.96. The van der Waals surface area contributed by atoms with Crippen LogP contribution in [-0.2, 0) is 12.7 Å². The number of para-hydroxylation sites is 1. The standard InChI is InChI=1S/C17H13F3N2O/c18-17(19,20)13-6-3-4-11(8-13)10-21-16(23)15-9-12-5-1-2-7-14(12)22-15/h1-9,22H,10H2,(H,21,23). The van der Waals surface area contributed by atoms with Crippen molar-refractivity contribution in [1.82, 2.24) is 10.3 Å². The van der Waals surface area contributed by atoms with Gasteiger partial charge >= 0.3 is 6.18 Å². The number of benzene rings is 2. The number of carbonyl (C=O) groups excluding carboxylic acids is 1. The Labute approximate surface area is 130 Å². The van der Waals surface area contributed by atoms with Gasteiger partial charge in [0.25, 0.3) is 5.91 Å². The molecule has 3 rings (SSSR count). The van der Waals surface area contributed by atoms with Gasteiger partial charge in [0.05, 0.1) is 5.56 Å². The van der Waals surface area contributed by atoms with Crippen LogP contribution in [0.5, 0.6) is 0 Å². The van der Waals surface area contributed by atoms with Gasteiger partial charge in [-0.2, -0.15) is 13.2 Å². The van der Waals surface area contributed by atoms with Crippen molar-refractivity contribution in [3.05, 3.63) is 71.4 Å². The Kier molecular flexibility index (Phi) is 3.82. The topological polar surface area (TPSA) is 44.9 Å². The Balaban J connectivity index is 1.71. The van der Waals surface area contributed by atoms with Crippen LogP contribution in [0.25, 0.3) is 10.9 Å². The second-order valence-electron chi connectivity index (χ2n) is 5.15. The molecule has 0 unspecified atom stereocenters. The van der Waals surface area contributed by atoms with Gasteiger partial charge in [-0.05, 0) is 29.8 Å². The normalized spacial score (nSPS) is 11.6. The van der Waals surface area contributed by atoms with Gasteiger partial charge < -0.3 is 10.3 Å². The average molecular weight is 318 g/mol. The van der Waals surface area contributed by atoms with Gasteiger partial charge in [-0.15, -0.1) is 0 Å². The minimum Gasteiger partial charge on any atom is -0.351 e. The Hall–Kier alpha value is -2.76. The van der Waals surface area contributed by atoms with E-state index in [0.717, 1.165) is 23.0 Å². The minimum absolute atomic E-state index is 0.0259.